The molecular formula is C18H20N4O3. The number of aromatic nitrogens is 4. The Labute approximate surface area is 144 Å². The van der Waals surface area contributed by atoms with Crippen molar-refractivity contribution in [1.29, 1.82) is 0 Å². The van der Waals surface area contributed by atoms with E-state index in [1.54, 1.807) is 10.9 Å². The normalized spacial score (nSPS) is 17.4. The molecule has 7 nitrogen and oxygen atoms in total. The third kappa shape index (κ3) is 2.60. The number of para-hydroxylation sites is 1. The quantitative estimate of drug-likeness (QED) is 0.722. The molecule has 0 amide bonds. The monoisotopic (exact) mass is 340 g/mol. The molecule has 0 unspecified atom stereocenters. The van der Waals surface area contributed by atoms with Crippen molar-refractivity contribution < 1.29 is 4.74 Å². The first-order chi connectivity index (χ1) is 12.2. The largest absolute Gasteiger partial charge is 0.376 e. The highest BCUT2D eigenvalue weighted by atomic mass is 16.5. The zero-order chi connectivity index (χ0) is 17.4. The van der Waals surface area contributed by atoms with Gasteiger partial charge in [-0.05, 0) is 31.9 Å². The summed E-state index contributed by atoms with van der Waals surface area (Å²) >= 11 is 0. The maximum absolute atomic E-state index is 13.1. The molecule has 0 radical (unpaired) electrons. The van der Waals surface area contributed by atoms with Gasteiger partial charge >= 0.3 is 5.69 Å². The fraction of sp³-hybridized carbons (Fsp3) is 0.389. The van der Waals surface area contributed by atoms with E-state index in [1.165, 1.54) is 9.13 Å². The lowest BCUT2D eigenvalue weighted by molar-refractivity contribution is 0.0950. The molecule has 1 atom stereocenters. The minimum Gasteiger partial charge on any atom is -0.376 e. The van der Waals surface area contributed by atoms with Crippen LogP contribution in [-0.4, -0.2) is 31.4 Å². The molecule has 7 heteroatoms. The number of nitrogens with zero attached hydrogens (tertiary/aromatic N) is 4. The average molecular weight is 340 g/mol. The van der Waals surface area contributed by atoms with Crippen molar-refractivity contribution in [3.63, 3.8) is 0 Å². The van der Waals surface area contributed by atoms with E-state index in [2.05, 4.69) is 4.98 Å². The van der Waals surface area contributed by atoms with Crippen LogP contribution in [0.5, 0.6) is 0 Å². The van der Waals surface area contributed by atoms with Gasteiger partial charge in [-0.25, -0.2) is 14.3 Å². The van der Waals surface area contributed by atoms with Crippen LogP contribution in [0.3, 0.4) is 0 Å². The van der Waals surface area contributed by atoms with Crippen LogP contribution < -0.4 is 11.2 Å². The minimum atomic E-state index is -0.374. The van der Waals surface area contributed by atoms with Crippen molar-refractivity contribution in [3.8, 4) is 5.69 Å². The Morgan fingerprint density at radius 2 is 2.04 bits per heavy atom. The maximum atomic E-state index is 13.1. The topological polar surface area (TPSA) is 71.1 Å². The molecule has 2 aromatic heterocycles. The first-order valence-corrected chi connectivity index (χ1v) is 8.58. The summed E-state index contributed by atoms with van der Waals surface area (Å²) < 4.78 is 10.2. The second-order valence-electron chi connectivity index (χ2n) is 6.21. The summed E-state index contributed by atoms with van der Waals surface area (Å²) in [6, 6.07) is 9.29. The number of hydrogen-bond donors (Lipinski definition) is 0. The summed E-state index contributed by atoms with van der Waals surface area (Å²) in [5, 5.41) is 0. The van der Waals surface area contributed by atoms with Gasteiger partial charge in [0, 0.05) is 13.2 Å². The molecule has 0 spiro atoms. The highest BCUT2D eigenvalue weighted by Gasteiger charge is 2.23. The molecule has 0 saturated carbocycles. The summed E-state index contributed by atoms with van der Waals surface area (Å²) in [6.07, 6.45) is 3.34. The number of aryl methyl sites for hydroxylation is 1. The molecule has 0 N–H and O–H groups in total. The molecule has 25 heavy (non-hydrogen) atoms. The second-order valence-corrected chi connectivity index (χ2v) is 6.21. The van der Waals surface area contributed by atoms with E-state index < -0.39 is 0 Å². The molecule has 3 heterocycles. The van der Waals surface area contributed by atoms with E-state index >= 15 is 0 Å². The van der Waals surface area contributed by atoms with Crippen LogP contribution in [0, 0.1) is 0 Å². The standard InChI is InChI=1S/C18H20N4O3/c1-2-20-12-19-16-15(20)17(23)21(11-14-9-6-10-25-14)18(24)22(16)13-7-4-3-5-8-13/h3-5,7-8,12,14H,2,6,9-11H2,1H3/t14-/m0/s1. The van der Waals surface area contributed by atoms with E-state index in [-0.39, 0.29) is 23.9 Å². The van der Waals surface area contributed by atoms with E-state index in [4.69, 9.17) is 4.74 Å². The van der Waals surface area contributed by atoms with Crippen molar-refractivity contribution in [1.82, 2.24) is 18.7 Å². The van der Waals surface area contributed by atoms with Crippen LogP contribution in [-0.2, 0) is 17.8 Å². The van der Waals surface area contributed by atoms with Crippen molar-refractivity contribution in [3.05, 3.63) is 57.5 Å². The lowest BCUT2D eigenvalue weighted by Gasteiger charge is -2.15. The smallest absolute Gasteiger partial charge is 0.337 e. The number of imidazole rings is 1. The first kappa shape index (κ1) is 15.8. The summed E-state index contributed by atoms with van der Waals surface area (Å²) in [7, 11) is 0. The van der Waals surface area contributed by atoms with Crippen molar-refractivity contribution >= 4 is 11.2 Å². The highest BCUT2D eigenvalue weighted by molar-refractivity contribution is 5.72. The highest BCUT2D eigenvalue weighted by Crippen LogP contribution is 2.15. The molecule has 4 rings (SSSR count). The van der Waals surface area contributed by atoms with Gasteiger partial charge in [-0.15, -0.1) is 0 Å². The predicted molar refractivity (Wildman–Crippen MR) is 94.2 cm³/mol. The van der Waals surface area contributed by atoms with Crippen LogP contribution >= 0.6 is 0 Å². The lowest BCUT2D eigenvalue weighted by Crippen LogP contribution is -2.42. The molecule has 1 aliphatic rings. The third-order valence-electron chi connectivity index (χ3n) is 4.67. The fourth-order valence-corrected chi connectivity index (χ4v) is 3.38. The average Bonchev–Trinajstić information content (AvgIpc) is 3.29. The minimum absolute atomic E-state index is 0.0925. The molecule has 0 aliphatic carbocycles. The molecule has 1 aromatic carbocycles. The summed E-state index contributed by atoms with van der Waals surface area (Å²) in [6.45, 7) is 3.51. The Kier molecular flexibility index (Phi) is 4.01. The Balaban J connectivity index is 2.01. The van der Waals surface area contributed by atoms with Crippen molar-refractivity contribution in [2.45, 2.75) is 39.0 Å². The number of fused-ring (bicyclic) bond motifs is 1. The molecule has 130 valence electrons. The fourth-order valence-electron chi connectivity index (χ4n) is 3.38. The molecular weight excluding hydrogens is 320 g/mol. The van der Waals surface area contributed by atoms with Gasteiger partial charge in [-0.3, -0.25) is 9.36 Å². The van der Waals surface area contributed by atoms with Gasteiger partial charge in [0.05, 0.1) is 24.7 Å². The molecule has 1 aliphatic heterocycles. The molecule has 1 fully saturated rings. The van der Waals surface area contributed by atoms with E-state index in [0.29, 0.717) is 30.0 Å². The predicted octanol–water partition coefficient (Wildman–Crippen LogP) is 1.55. The summed E-state index contributed by atoms with van der Waals surface area (Å²) in [4.78, 5) is 30.4. The zero-order valence-electron chi connectivity index (χ0n) is 14.1. The van der Waals surface area contributed by atoms with Gasteiger partial charge in [0.15, 0.2) is 11.2 Å². The summed E-state index contributed by atoms with van der Waals surface area (Å²) in [5.74, 6) is 0. The number of benzene rings is 1. The van der Waals surface area contributed by atoms with Crippen LogP contribution in [0.1, 0.15) is 19.8 Å². The Hall–Kier alpha value is -2.67. The van der Waals surface area contributed by atoms with Crippen LogP contribution in [0.25, 0.3) is 16.9 Å². The first-order valence-electron chi connectivity index (χ1n) is 8.58. The Morgan fingerprint density at radius 1 is 1.24 bits per heavy atom. The zero-order valence-corrected chi connectivity index (χ0v) is 14.1. The molecule has 0 bridgehead atoms. The van der Waals surface area contributed by atoms with Gasteiger partial charge in [-0.2, -0.15) is 0 Å². The second kappa shape index (κ2) is 6.33. The van der Waals surface area contributed by atoms with Crippen LogP contribution in [0.2, 0.25) is 0 Å². The Morgan fingerprint density at radius 3 is 2.72 bits per heavy atom. The number of ether oxygens (including phenoxy) is 1. The summed E-state index contributed by atoms with van der Waals surface area (Å²) in [5.41, 5.74) is 0.859. The molecule has 1 saturated heterocycles. The van der Waals surface area contributed by atoms with Gasteiger partial charge < -0.3 is 9.30 Å². The van der Waals surface area contributed by atoms with Gasteiger partial charge in [0.25, 0.3) is 5.56 Å². The molecule has 3 aromatic rings. The van der Waals surface area contributed by atoms with Crippen molar-refractivity contribution in [2.24, 2.45) is 0 Å². The third-order valence-corrected chi connectivity index (χ3v) is 4.67. The van der Waals surface area contributed by atoms with Crippen molar-refractivity contribution in [2.75, 3.05) is 6.61 Å². The van der Waals surface area contributed by atoms with E-state index in [9.17, 15) is 9.59 Å². The van der Waals surface area contributed by atoms with Crippen LogP contribution in [0.4, 0.5) is 0 Å². The maximum Gasteiger partial charge on any atom is 0.337 e. The van der Waals surface area contributed by atoms with Gasteiger partial charge in [-0.1, -0.05) is 18.2 Å². The number of hydrogen-bond acceptors (Lipinski definition) is 4. The van der Waals surface area contributed by atoms with Gasteiger partial charge in [0.2, 0.25) is 0 Å². The lowest BCUT2D eigenvalue weighted by atomic mass is 10.2. The van der Waals surface area contributed by atoms with E-state index in [1.807, 2.05) is 37.3 Å². The SMILES string of the molecule is CCn1cnc2c1c(=O)n(C[C@@H]1CCCO1)c(=O)n2-c1ccccc1. The number of rotatable bonds is 4. The van der Waals surface area contributed by atoms with E-state index in [0.717, 1.165) is 12.8 Å². The Bertz CT molecular complexity index is 1010. The van der Waals surface area contributed by atoms with Gasteiger partial charge in [0.1, 0.15) is 0 Å². The van der Waals surface area contributed by atoms with Crippen LogP contribution in [0.15, 0.2) is 46.2 Å².